The first-order valence-corrected chi connectivity index (χ1v) is 13.7. The lowest BCUT2D eigenvalue weighted by Gasteiger charge is -2.32. The molecule has 37 heavy (non-hydrogen) atoms. The number of anilines is 1. The maximum atomic E-state index is 13.8. The lowest BCUT2D eigenvalue weighted by atomic mass is 10.1. The van der Waals surface area contributed by atoms with Gasteiger partial charge in [0.05, 0.1) is 10.6 Å². The molecule has 0 heterocycles. The van der Waals surface area contributed by atoms with Crippen molar-refractivity contribution in [1.29, 1.82) is 0 Å². The Morgan fingerprint density at radius 2 is 1.41 bits per heavy atom. The first-order chi connectivity index (χ1) is 17.4. The normalized spacial score (nSPS) is 12.1. The highest BCUT2D eigenvalue weighted by atomic mass is 35.5. The van der Waals surface area contributed by atoms with Crippen molar-refractivity contribution < 1.29 is 18.0 Å². The second kappa shape index (κ2) is 12.0. The van der Waals surface area contributed by atoms with Crippen LogP contribution in [0.15, 0.2) is 71.6 Å². The zero-order chi connectivity index (χ0) is 27.3. The minimum atomic E-state index is -4.19. The molecule has 196 valence electrons. The molecule has 0 aromatic heterocycles. The Balaban J connectivity index is 2.06. The zero-order valence-corrected chi connectivity index (χ0v) is 23.4. The van der Waals surface area contributed by atoms with E-state index < -0.39 is 28.5 Å². The van der Waals surface area contributed by atoms with Gasteiger partial charge in [-0.2, -0.15) is 0 Å². The number of benzene rings is 3. The van der Waals surface area contributed by atoms with E-state index in [9.17, 15) is 18.0 Å². The Hall–Kier alpha value is -3.07. The van der Waals surface area contributed by atoms with Gasteiger partial charge in [0.2, 0.25) is 11.8 Å². The van der Waals surface area contributed by atoms with Crippen LogP contribution >= 0.6 is 23.2 Å². The molecule has 3 rings (SSSR count). The molecule has 0 aliphatic carbocycles. The summed E-state index contributed by atoms with van der Waals surface area (Å²) in [5, 5.41) is 2.99. The molecule has 0 fully saturated rings. The van der Waals surface area contributed by atoms with Gasteiger partial charge in [0.1, 0.15) is 12.6 Å². The van der Waals surface area contributed by atoms with Gasteiger partial charge in [-0.3, -0.25) is 13.9 Å². The summed E-state index contributed by atoms with van der Waals surface area (Å²) >= 11 is 12.4. The second-order valence-electron chi connectivity index (χ2n) is 8.75. The molecular formula is C27H29Cl2N3O4S. The van der Waals surface area contributed by atoms with Crippen LogP contribution < -0.4 is 9.62 Å². The van der Waals surface area contributed by atoms with Crippen LogP contribution in [0, 0.1) is 13.8 Å². The molecule has 1 N–H and O–H groups in total. The fraction of sp³-hybridized carbons (Fsp3) is 0.259. The van der Waals surface area contributed by atoms with E-state index in [1.807, 2.05) is 38.1 Å². The van der Waals surface area contributed by atoms with Gasteiger partial charge < -0.3 is 10.2 Å². The van der Waals surface area contributed by atoms with Crippen LogP contribution in [-0.2, 0) is 26.2 Å². The number of aryl methyl sites for hydroxylation is 2. The number of nitrogens with zero attached hydrogens (tertiary/aromatic N) is 2. The van der Waals surface area contributed by atoms with Crippen LogP contribution in [0.3, 0.4) is 0 Å². The van der Waals surface area contributed by atoms with Crippen molar-refractivity contribution in [2.24, 2.45) is 0 Å². The molecule has 2 amide bonds. The Kier molecular flexibility index (Phi) is 9.23. The lowest BCUT2D eigenvalue weighted by molar-refractivity contribution is -0.139. The molecule has 0 radical (unpaired) electrons. The predicted octanol–water partition coefficient (Wildman–Crippen LogP) is 4.97. The van der Waals surface area contributed by atoms with Crippen molar-refractivity contribution in [3.63, 3.8) is 0 Å². The van der Waals surface area contributed by atoms with E-state index in [0.29, 0.717) is 0 Å². The zero-order valence-electron chi connectivity index (χ0n) is 21.0. The van der Waals surface area contributed by atoms with Crippen LogP contribution in [0.1, 0.15) is 23.6 Å². The SMILES string of the molecule is CNC(=O)[C@@H](C)N(Cc1ccc(C)cc1)C(=O)CN(c1cc(Cl)cc(Cl)c1)S(=O)(=O)c1ccc(C)cc1. The van der Waals surface area contributed by atoms with E-state index >= 15 is 0 Å². The van der Waals surface area contributed by atoms with Gasteiger partial charge in [-0.05, 0) is 56.7 Å². The maximum absolute atomic E-state index is 13.8. The number of carbonyl (C=O) groups excluding carboxylic acids is 2. The van der Waals surface area contributed by atoms with E-state index in [1.165, 1.54) is 42.3 Å². The average Bonchev–Trinajstić information content (AvgIpc) is 2.85. The quantitative estimate of drug-likeness (QED) is 0.399. The van der Waals surface area contributed by atoms with E-state index in [1.54, 1.807) is 19.1 Å². The van der Waals surface area contributed by atoms with Crippen molar-refractivity contribution in [3.05, 3.63) is 93.5 Å². The molecule has 10 heteroatoms. The molecule has 0 aliphatic heterocycles. The van der Waals surface area contributed by atoms with Crippen molar-refractivity contribution in [1.82, 2.24) is 10.2 Å². The Morgan fingerprint density at radius 1 is 0.892 bits per heavy atom. The number of hydrogen-bond acceptors (Lipinski definition) is 4. The number of nitrogens with one attached hydrogen (secondary N) is 1. The highest BCUT2D eigenvalue weighted by Crippen LogP contribution is 2.30. The third kappa shape index (κ3) is 7.03. The Bertz CT molecular complexity index is 1360. The van der Waals surface area contributed by atoms with E-state index in [0.717, 1.165) is 21.0 Å². The van der Waals surface area contributed by atoms with Crippen LogP contribution in [0.25, 0.3) is 0 Å². The summed E-state index contributed by atoms with van der Waals surface area (Å²) in [6, 6.07) is 17.3. The molecule has 7 nitrogen and oxygen atoms in total. The van der Waals surface area contributed by atoms with Crippen LogP contribution in [0.2, 0.25) is 10.0 Å². The first-order valence-electron chi connectivity index (χ1n) is 11.5. The minimum absolute atomic E-state index is 0.00596. The van der Waals surface area contributed by atoms with E-state index in [2.05, 4.69) is 5.32 Å². The van der Waals surface area contributed by atoms with Gasteiger partial charge in [-0.1, -0.05) is 70.7 Å². The standard InChI is InChI=1S/C27H29Cl2N3O4S/c1-18-5-9-21(10-6-18)16-31(20(3)27(34)30-4)26(33)17-32(24-14-22(28)13-23(29)15-24)37(35,36)25-11-7-19(2)8-12-25/h5-15,20H,16-17H2,1-4H3,(H,30,34)/t20-/m1/s1. The number of likely N-dealkylation sites (N-methyl/N-ethyl adjacent to an activating group) is 1. The molecular weight excluding hydrogens is 533 g/mol. The van der Waals surface area contributed by atoms with Gasteiger partial charge in [0.15, 0.2) is 0 Å². The van der Waals surface area contributed by atoms with Crippen molar-refractivity contribution in [2.45, 2.75) is 38.3 Å². The number of carbonyl (C=O) groups is 2. The van der Waals surface area contributed by atoms with Crippen LogP contribution in [0.5, 0.6) is 0 Å². The summed E-state index contributed by atoms with van der Waals surface area (Å²) in [7, 11) is -2.71. The molecule has 1 atom stereocenters. The minimum Gasteiger partial charge on any atom is -0.357 e. The van der Waals surface area contributed by atoms with Crippen molar-refractivity contribution in [2.75, 3.05) is 17.9 Å². The maximum Gasteiger partial charge on any atom is 0.264 e. The molecule has 0 saturated heterocycles. The summed E-state index contributed by atoms with van der Waals surface area (Å²) in [6.07, 6.45) is 0. The van der Waals surface area contributed by atoms with Crippen molar-refractivity contribution in [3.8, 4) is 0 Å². The molecule has 0 aliphatic rings. The largest absolute Gasteiger partial charge is 0.357 e. The van der Waals surface area contributed by atoms with E-state index in [-0.39, 0.29) is 33.1 Å². The summed E-state index contributed by atoms with van der Waals surface area (Å²) in [6.45, 7) is 4.93. The fourth-order valence-electron chi connectivity index (χ4n) is 3.73. The lowest BCUT2D eigenvalue weighted by Crippen LogP contribution is -2.50. The third-order valence-corrected chi connectivity index (χ3v) is 8.13. The third-order valence-electron chi connectivity index (χ3n) is 5.91. The number of halogens is 2. The topological polar surface area (TPSA) is 86.8 Å². The van der Waals surface area contributed by atoms with Crippen LogP contribution in [-0.4, -0.2) is 44.8 Å². The first kappa shape index (κ1) is 28.5. The van der Waals surface area contributed by atoms with Gasteiger partial charge in [-0.15, -0.1) is 0 Å². The monoisotopic (exact) mass is 561 g/mol. The predicted molar refractivity (Wildman–Crippen MR) is 147 cm³/mol. The number of rotatable bonds is 9. The highest BCUT2D eigenvalue weighted by molar-refractivity contribution is 7.92. The number of sulfonamides is 1. The van der Waals surface area contributed by atoms with Crippen LogP contribution in [0.4, 0.5) is 5.69 Å². The summed E-state index contributed by atoms with van der Waals surface area (Å²) in [5.74, 6) is -0.942. The highest BCUT2D eigenvalue weighted by Gasteiger charge is 2.32. The van der Waals surface area contributed by atoms with Gasteiger partial charge in [0.25, 0.3) is 10.0 Å². The molecule has 0 bridgehead atoms. The average molecular weight is 563 g/mol. The van der Waals surface area contributed by atoms with Crippen molar-refractivity contribution >= 4 is 50.7 Å². The van der Waals surface area contributed by atoms with Gasteiger partial charge in [0, 0.05) is 23.6 Å². The summed E-state index contributed by atoms with van der Waals surface area (Å²) in [5.41, 5.74) is 2.87. The molecule has 0 spiro atoms. The Morgan fingerprint density at radius 3 is 1.92 bits per heavy atom. The molecule has 0 unspecified atom stereocenters. The fourth-order valence-corrected chi connectivity index (χ4v) is 5.64. The summed E-state index contributed by atoms with van der Waals surface area (Å²) in [4.78, 5) is 27.6. The molecule has 3 aromatic carbocycles. The number of amides is 2. The molecule has 3 aromatic rings. The Labute approximate surface area is 228 Å². The second-order valence-corrected chi connectivity index (χ2v) is 11.5. The van der Waals surface area contributed by atoms with Gasteiger partial charge in [-0.25, -0.2) is 8.42 Å². The summed E-state index contributed by atoms with van der Waals surface area (Å²) < 4.78 is 28.5. The number of hydrogen-bond donors (Lipinski definition) is 1. The molecule has 0 saturated carbocycles. The van der Waals surface area contributed by atoms with E-state index in [4.69, 9.17) is 23.2 Å². The van der Waals surface area contributed by atoms with Gasteiger partial charge >= 0.3 is 0 Å². The smallest absolute Gasteiger partial charge is 0.264 e.